The van der Waals surface area contributed by atoms with Gasteiger partial charge in [-0.2, -0.15) is 0 Å². The van der Waals surface area contributed by atoms with E-state index in [1.165, 1.54) is 53.2 Å². The number of nitrogens with zero attached hydrogens (tertiary/aromatic N) is 1. The van der Waals surface area contributed by atoms with Gasteiger partial charge in [-0.05, 0) is 37.6 Å². The Morgan fingerprint density at radius 2 is 1.61 bits per heavy atom. The van der Waals surface area contributed by atoms with E-state index in [1.807, 2.05) is 0 Å². The van der Waals surface area contributed by atoms with Crippen molar-refractivity contribution >= 4 is 34.1 Å². The second-order valence-electron chi connectivity index (χ2n) is 15.6. The number of aliphatic hydroxyl groups excluding tert-OH is 2. The minimum Gasteiger partial charge on any atom is -0.507 e. The zero-order valence-electron chi connectivity index (χ0n) is 34.8. The number of carbonyl (C=O) groups is 3. The molecular formula is C44H55N3O12. The average molecular weight is 818 g/mol. The van der Waals surface area contributed by atoms with Crippen LogP contribution >= 0.6 is 0 Å². The number of Topliss-reactive ketones (excluding diaryl/α,β-unsaturated/α-hetero) is 1. The molecule has 318 valence electrons. The molecule has 0 fully saturated rings. The molecule has 6 rings (SSSR count). The number of phenolic OH excluding ortho intramolecular Hbond substituents is 3. The Balaban J connectivity index is 1.68. The number of benzene rings is 2. The van der Waals surface area contributed by atoms with Crippen molar-refractivity contribution in [3.8, 4) is 23.0 Å². The number of rotatable bonds is 6. The molecule has 5 bridgehead atoms. The highest BCUT2D eigenvalue weighted by atomic mass is 16.7. The summed E-state index contributed by atoms with van der Waals surface area (Å²) in [4.78, 5) is 44.5. The molecular weight excluding hydrogens is 762 g/mol. The Morgan fingerprint density at radius 3 is 2.25 bits per heavy atom. The van der Waals surface area contributed by atoms with E-state index < -0.39 is 88.8 Å². The number of esters is 1. The van der Waals surface area contributed by atoms with Gasteiger partial charge in [0, 0.05) is 92.2 Å². The van der Waals surface area contributed by atoms with Crippen molar-refractivity contribution in [1.29, 1.82) is 0 Å². The van der Waals surface area contributed by atoms with Crippen LogP contribution in [0.15, 0.2) is 60.7 Å². The molecule has 2 aromatic carbocycles. The number of allylic oxidation sites excluding steroid dienone is 2. The predicted molar refractivity (Wildman–Crippen MR) is 219 cm³/mol. The van der Waals surface area contributed by atoms with E-state index in [9.17, 15) is 39.9 Å². The molecule has 1 aromatic heterocycles. The molecule has 59 heavy (non-hydrogen) atoms. The standard InChI is InChI=1S/C44H55N3O12/c1-21-11-10-12-22(2)43(55)47-34-29(20-46-19-28-13-16-45-17-14-28)38(52)31-32(39(34)53)37(51)26(6)41-33(31)42(54)44(8,59-41)57-18-15-30(56-9)23(3)40(58-27(7)48)25(5)36(50)24(4)35(21)49/h10-18,21,23-25,30,35-36,40,46,49-53H,19-20H2,1-9H3,(H,47,55)/b11-10+,18-15+,22-12-/t21-,23+,24+,25+,30-,35-,36+,40+,44-/m0/s1. The summed E-state index contributed by atoms with van der Waals surface area (Å²) in [6.45, 7) is 12.7. The van der Waals surface area contributed by atoms with Crippen LogP contribution in [0.5, 0.6) is 23.0 Å². The monoisotopic (exact) mass is 817 g/mol. The summed E-state index contributed by atoms with van der Waals surface area (Å²) in [6, 6.07) is 3.58. The van der Waals surface area contributed by atoms with Gasteiger partial charge in [-0.25, -0.2) is 0 Å². The van der Waals surface area contributed by atoms with Gasteiger partial charge in [0.05, 0.1) is 41.2 Å². The van der Waals surface area contributed by atoms with Crippen molar-refractivity contribution in [3.05, 3.63) is 82.9 Å². The van der Waals surface area contributed by atoms with Gasteiger partial charge in [-0.1, -0.05) is 45.9 Å². The molecule has 0 radical (unpaired) electrons. The molecule has 0 saturated carbocycles. The molecule has 4 heterocycles. The maximum Gasteiger partial charge on any atom is 0.312 e. The summed E-state index contributed by atoms with van der Waals surface area (Å²) in [6.07, 6.45) is 6.82. The number of anilines is 1. The van der Waals surface area contributed by atoms with E-state index in [0.29, 0.717) is 6.54 Å². The Hall–Kier alpha value is -5.48. The van der Waals surface area contributed by atoms with Crippen LogP contribution in [0.2, 0.25) is 0 Å². The molecule has 3 aliphatic heterocycles. The minimum atomic E-state index is -2.04. The van der Waals surface area contributed by atoms with E-state index in [4.69, 9.17) is 18.9 Å². The van der Waals surface area contributed by atoms with Gasteiger partial charge in [0.25, 0.3) is 11.7 Å². The molecule has 9 atom stereocenters. The van der Waals surface area contributed by atoms with Crippen molar-refractivity contribution in [2.75, 3.05) is 12.4 Å². The third-order valence-corrected chi connectivity index (χ3v) is 11.5. The Labute approximate surface area is 343 Å². The number of pyridine rings is 1. The number of aromatic hydroxyl groups is 3. The van der Waals surface area contributed by atoms with Crippen molar-refractivity contribution in [3.63, 3.8) is 0 Å². The van der Waals surface area contributed by atoms with E-state index in [1.54, 1.807) is 64.4 Å². The number of hydrogen-bond acceptors (Lipinski definition) is 14. The first-order valence-electron chi connectivity index (χ1n) is 19.5. The summed E-state index contributed by atoms with van der Waals surface area (Å²) >= 11 is 0. The van der Waals surface area contributed by atoms with E-state index >= 15 is 0 Å². The van der Waals surface area contributed by atoms with Crippen LogP contribution in [0.1, 0.15) is 75.5 Å². The summed E-state index contributed by atoms with van der Waals surface area (Å²) < 4.78 is 23.6. The second kappa shape index (κ2) is 18.2. The number of aromatic nitrogens is 1. The highest BCUT2D eigenvalue weighted by molar-refractivity contribution is 6.22. The number of aliphatic hydroxyl groups is 2. The fourth-order valence-electron chi connectivity index (χ4n) is 7.79. The molecule has 0 unspecified atom stereocenters. The van der Waals surface area contributed by atoms with E-state index in [0.717, 1.165) is 5.56 Å². The third kappa shape index (κ3) is 8.93. The van der Waals surface area contributed by atoms with Gasteiger partial charge in [0.1, 0.15) is 23.4 Å². The van der Waals surface area contributed by atoms with Crippen molar-refractivity contribution in [2.45, 2.75) is 98.7 Å². The summed E-state index contributed by atoms with van der Waals surface area (Å²) in [7, 11) is 1.44. The van der Waals surface area contributed by atoms with Gasteiger partial charge in [-0.15, -0.1) is 0 Å². The Kier molecular flexibility index (Phi) is 13.8. The second-order valence-corrected chi connectivity index (χ2v) is 15.6. The van der Waals surface area contributed by atoms with Gasteiger partial charge in [0.15, 0.2) is 5.75 Å². The van der Waals surface area contributed by atoms with Crippen LogP contribution < -0.4 is 15.4 Å². The molecule has 3 aliphatic rings. The molecule has 1 amide bonds. The molecule has 0 saturated heterocycles. The minimum absolute atomic E-state index is 0.0145. The summed E-state index contributed by atoms with van der Waals surface area (Å²) in [5, 5.41) is 63.8. The number of methoxy groups -OCH3 is 1. The third-order valence-electron chi connectivity index (χ3n) is 11.5. The lowest BCUT2D eigenvalue weighted by atomic mass is 9.78. The molecule has 7 N–H and O–H groups in total. The van der Waals surface area contributed by atoms with Gasteiger partial charge in [0.2, 0.25) is 0 Å². The van der Waals surface area contributed by atoms with Crippen LogP contribution in [-0.2, 0) is 36.9 Å². The number of ether oxygens (including phenoxy) is 4. The Bertz CT molecular complexity index is 2170. The lowest BCUT2D eigenvalue weighted by molar-refractivity contribution is -0.160. The van der Waals surface area contributed by atoms with Crippen LogP contribution in [0.25, 0.3) is 10.8 Å². The fraction of sp³-hybridized carbons (Fsp3) is 0.455. The number of ketones is 1. The first-order valence-corrected chi connectivity index (χ1v) is 19.5. The first-order chi connectivity index (χ1) is 27.8. The number of amides is 1. The number of fused-ring (bicyclic) bond motifs is 14. The van der Waals surface area contributed by atoms with Gasteiger partial charge >= 0.3 is 11.8 Å². The molecule has 15 nitrogen and oxygen atoms in total. The average Bonchev–Trinajstić information content (AvgIpc) is 3.47. The molecule has 0 aliphatic carbocycles. The van der Waals surface area contributed by atoms with Crippen molar-refractivity contribution in [1.82, 2.24) is 10.3 Å². The zero-order valence-corrected chi connectivity index (χ0v) is 34.8. The fourth-order valence-corrected chi connectivity index (χ4v) is 7.79. The smallest absolute Gasteiger partial charge is 0.312 e. The van der Waals surface area contributed by atoms with Crippen LogP contribution in [0.3, 0.4) is 0 Å². The number of phenols is 3. The molecule has 0 spiro atoms. The SMILES string of the molecule is CO[C@H]1/C=C/O[C@@]2(C)Oc3c(C)c(O)c4c(O)c(c(CNCc5ccncc5)c(O)c4c3C2=O)NC(=O)/C(C)=C\C=C\[C@H](C)[C@H](O)[C@@H](C)[C@@H](O)[C@@H](C)[C@H](OC(C)=O)[C@@H]1C. The van der Waals surface area contributed by atoms with Crippen LogP contribution in [0, 0.1) is 30.6 Å². The maximum absolute atomic E-state index is 14.4. The maximum atomic E-state index is 14.4. The van der Waals surface area contributed by atoms with Crippen LogP contribution in [-0.4, -0.2) is 85.5 Å². The quantitative estimate of drug-likeness (QED) is 0.0935. The van der Waals surface area contributed by atoms with Gasteiger partial charge < -0.3 is 55.1 Å². The Morgan fingerprint density at radius 1 is 0.932 bits per heavy atom. The highest BCUT2D eigenvalue weighted by Gasteiger charge is 2.50. The van der Waals surface area contributed by atoms with E-state index in [2.05, 4.69) is 15.6 Å². The summed E-state index contributed by atoms with van der Waals surface area (Å²) in [5.74, 6) is -8.21. The lowest BCUT2D eigenvalue weighted by Gasteiger charge is -2.38. The molecule has 3 aromatic rings. The van der Waals surface area contributed by atoms with Crippen LogP contribution in [0.4, 0.5) is 5.69 Å². The molecule has 15 heteroatoms. The number of carbonyl (C=O) groups excluding carboxylic acids is 3. The lowest BCUT2D eigenvalue weighted by Crippen LogP contribution is -2.46. The van der Waals surface area contributed by atoms with Crippen molar-refractivity contribution < 1.29 is 58.9 Å². The van der Waals surface area contributed by atoms with Gasteiger partial charge in [-0.3, -0.25) is 19.4 Å². The largest absolute Gasteiger partial charge is 0.507 e. The zero-order chi connectivity index (χ0) is 43.5. The summed E-state index contributed by atoms with van der Waals surface area (Å²) in [5.41, 5.74) is 0.742. The first kappa shape index (κ1) is 44.6. The van der Waals surface area contributed by atoms with Crippen molar-refractivity contribution in [2.24, 2.45) is 23.7 Å². The number of hydrogen-bond donors (Lipinski definition) is 7. The topological polar surface area (TPSA) is 226 Å². The predicted octanol–water partition coefficient (Wildman–Crippen LogP) is 5.44. The number of nitrogens with one attached hydrogen (secondary N) is 2. The van der Waals surface area contributed by atoms with E-state index in [-0.39, 0.29) is 51.0 Å². The highest BCUT2D eigenvalue weighted by Crippen LogP contribution is 2.55. The normalized spacial score (nSPS) is 29.9.